The van der Waals surface area contributed by atoms with Gasteiger partial charge < -0.3 is 33.2 Å². The molecule has 1 aromatic carbocycles. The summed E-state index contributed by atoms with van der Waals surface area (Å²) in [5.74, 6) is 1.56. The molecule has 0 radical (unpaired) electrons. The van der Waals surface area contributed by atoms with Gasteiger partial charge in [0.2, 0.25) is 0 Å². The van der Waals surface area contributed by atoms with Crippen LogP contribution in [0.1, 0.15) is 43.1 Å². The summed E-state index contributed by atoms with van der Waals surface area (Å²) in [4.78, 5) is 12.7. The van der Waals surface area contributed by atoms with Gasteiger partial charge in [-0.25, -0.2) is 0 Å². The number of carbonyl (C=O) groups is 1. The predicted octanol–water partition coefficient (Wildman–Crippen LogP) is 3.03. The van der Waals surface area contributed by atoms with Gasteiger partial charge in [0, 0.05) is 7.11 Å². The molecule has 30 heavy (non-hydrogen) atoms. The van der Waals surface area contributed by atoms with E-state index >= 15 is 0 Å². The molecule has 8 nitrogen and oxygen atoms in total. The van der Waals surface area contributed by atoms with E-state index in [1.807, 2.05) is 20.8 Å². The number of Topliss-reactive ketones (excluding diaryl/α,β-unsaturated/α-hetero) is 1. The molecule has 2 rings (SSSR count). The monoisotopic (exact) mass is 426 g/mol. The first-order valence-electron chi connectivity index (χ1n) is 10.2. The lowest BCUT2D eigenvalue weighted by Crippen LogP contribution is -2.36. The molecule has 1 aliphatic rings. The Morgan fingerprint density at radius 2 is 1.63 bits per heavy atom. The van der Waals surface area contributed by atoms with Gasteiger partial charge in [-0.05, 0) is 26.8 Å². The number of hydrogen-bond acceptors (Lipinski definition) is 8. The van der Waals surface area contributed by atoms with Crippen molar-refractivity contribution in [2.24, 2.45) is 0 Å². The molecule has 0 aliphatic carbocycles. The van der Waals surface area contributed by atoms with Crippen LogP contribution in [0.25, 0.3) is 0 Å². The number of carbonyl (C=O) groups excluding carboxylic acids is 1. The van der Waals surface area contributed by atoms with E-state index in [1.54, 1.807) is 20.3 Å². The minimum atomic E-state index is -0.594. The topological polar surface area (TPSA) is 81.7 Å². The zero-order chi connectivity index (χ0) is 22.0. The van der Waals surface area contributed by atoms with Crippen LogP contribution in [0.5, 0.6) is 17.2 Å². The lowest BCUT2D eigenvalue weighted by Gasteiger charge is -2.34. The normalized spacial score (nSPS) is 14.9. The first kappa shape index (κ1) is 24.4. The van der Waals surface area contributed by atoms with Crippen molar-refractivity contribution in [1.82, 2.24) is 0 Å². The molecule has 0 spiro atoms. The number of hydrogen-bond donors (Lipinski definition) is 0. The van der Waals surface area contributed by atoms with Crippen molar-refractivity contribution in [2.45, 2.75) is 39.4 Å². The van der Waals surface area contributed by atoms with Gasteiger partial charge in [-0.3, -0.25) is 4.79 Å². The van der Waals surface area contributed by atoms with E-state index in [9.17, 15) is 4.79 Å². The maximum absolute atomic E-state index is 12.7. The number of methoxy groups -OCH3 is 2. The molecule has 0 fully saturated rings. The fraction of sp³-hybridized carbons (Fsp3) is 0.682. The number of ketones is 1. The smallest absolute Gasteiger partial charge is 0.170 e. The van der Waals surface area contributed by atoms with Crippen LogP contribution in [0.2, 0.25) is 0 Å². The third-order valence-corrected chi connectivity index (χ3v) is 4.49. The van der Waals surface area contributed by atoms with Crippen molar-refractivity contribution < 1.29 is 38.0 Å². The highest BCUT2D eigenvalue weighted by molar-refractivity contribution is 6.01. The molecular weight excluding hydrogens is 392 g/mol. The van der Waals surface area contributed by atoms with Crippen LogP contribution in [-0.2, 0) is 25.6 Å². The SMILES string of the molecule is CCOc1c(OC)cc2c(c1COCCOCCOCCOC)OC(C)(C)CC2=O. The maximum atomic E-state index is 12.7. The summed E-state index contributed by atoms with van der Waals surface area (Å²) in [6.45, 7) is 9.26. The molecule has 0 saturated carbocycles. The number of ether oxygens (including phenoxy) is 7. The Balaban J connectivity index is 2.01. The van der Waals surface area contributed by atoms with Crippen molar-refractivity contribution in [1.29, 1.82) is 0 Å². The van der Waals surface area contributed by atoms with E-state index < -0.39 is 5.60 Å². The van der Waals surface area contributed by atoms with Gasteiger partial charge in [0.25, 0.3) is 0 Å². The van der Waals surface area contributed by atoms with Crippen molar-refractivity contribution in [3.63, 3.8) is 0 Å². The quantitative estimate of drug-likeness (QED) is 0.420. The molecule has 1 aromatic rings. The molecule has 0 atom stereocenters. The second kappa shape index (κ2) is 12.1. The molecule has 8 heteroatoms. The summed E-state index contributed by atoms with van der Waals surface area (Å²) in [6.07, 6.45) is 0.303. The Kier molecular flexibility index (Phi) is 9.84. The molecule has 0 bridgehead atoms. The fourth-order valence-corrected chi connectivity index (χ4v) is 3.14. The molecule has 1 heterocycles. The van der Waals surface area contributed by atoms with Crippen LogP contribution in [0, 0.1) is 0 Å². The number of fused-ring (bicyclic) bond motifs is 1. The van der Waals surface area contributed by atoms with Crippen LogP contribution < -0.4 is 14.2 Å². The van der Waals surface area contributed by atoms with Gasteiger partial charge in [-0.15, -0.1) is 0 Å². The minimum Gasteiger partial charge on any atom is -0.493 e. The number of benzene rings is 1. The van der Waals surface area contributed by atoms with Crippen LogP contribution >= 0.6 is 0 Å². The third kappa shape index (κ3) is 6.84. The average Bonchev–Trinajstić information content (AvgIpc) is 2.70. The second-order valence-corrected chi connectivity index (χ2v) is 7.43. The summed E-state index contributed by atoms with van der Waals surface area (Å²) >= 11 is 0. The second-order valence-electron chi connectivity index (χ2n) is 7.43. The van der Waals surface area contributed by atoms with Crippen LogP contribution in [-0.4, -0.2) is 71.9 Å². The van der Waals surface area contributed by atoms with Gasteiger partial charge in [0.15, 0.2) is 17.3 Å². The van der Waals surface area contributed by atoms with Crippen LogP contribution in [0.3, 0.4) is 0 Å². The minimum absolute atomic E-state index is 0.0145. The standard InChI is InChI=1S/C22H34O8/c1-6-29-21-17(15-28-12-11-27-10-9-26-8-7-24-4)20-16(13-19(21)25-5)18(23)14-22(2,3)30-20/h13H,6-12,14-15H2,1-5H3. The molecule has 0 unspecified atom stereocenters. The van der Waals surface area contributed by atoms with Gasteiger partial charge in [-0.1, -0.05) is 0 Å². The Hall–Kier alpha value is -1.87. The Bertz CT molecular complexity index is 686. The summed E-state index contributed by atoms with van der Waals surface area (Å²) in [7, 11) is 3.19. The Labute approximate surface area is 178 Å². The summed E-state index contributed by atoms with van der Waals surface area (Å²) in [6, 6.07) is 1.69. The highest BCUT2D eigenvalue weighted by Gasteiger charge is 2.36. The van der Waals surface area contributed by atoms with Gasteiger partial charge >= 0.3 is 0 Å². The maximum Gasteiger partial charge on any atom is 0.170 e. The summed E-state index contributed by atoms with van der Waals surface area (Å²) in [5.41, 5.74) is 0.580. The first-order valence-corrected chi connectivity index (χ1v) is 10.2. The Morgan fingerprint density at radius 3 is 2.23 bits per heavy atom. The van der Waals surface area contributed by atoms with E-state index in [0.29, 0.717) is 81.0 Å². The van der Waals surface area contributed by atoms with Crippen LogP contribution in [0.15, 0.2) is 6.07 Å². The van der Waals surface area contributed by atoms with Crippen molar-refractivity contribution >= 4 is 5.78 Å². The lowest BCUT2D eigenvalue weighted by atomic mass is 9.91. The molecule has 0 saturated heterocycles. The fourth-order valence-electron chi connectivity index (χ4n) is 3.14. The summed E-state index contributed by atoms with van der Waals surface area (Å²) in [5, 5.41) is 0. The van der Waals surface area contributed by atoms with Crippen molar-refractivity contribution in [2.75, 3.05) is 60.5 Å². The Morgan fingerprint density at radius 1 is 1.00 bits per heavy atom. The third-order valence-electron chi connectivity index (χ3n) is 4.49. The van der Waals surface area contributed by atoms with Gasteiger partial charge in [-0.2, -0.15) is 0 Å². The van der Waals surface area contributed by atoms with E-state index in [0.717, 1.165) is 0 Å². The zero-order valence-corrected chi connectivity index (χ0v) is 18.7. The molecule has 0 amide bonds. The highest BCUT2D eigenvalue weighted by atomic mass is 16.6. The molecule has 0 aromatic heterocycles. The molecule has 0 N–H and O–H groups in total. The molecular formula is C22H34O8. The first-order chi connectivity index (χ1) is 14.4. The molecule has 1 aliphatic heterocycles. The average molecular weight is 427 g/mol. The predicted molar refractivity (Wildman–Crippen MR) is 111 cm³/mol. The van der Waals surface area contributed by atoms with E-state index in [-0.39, 0.29) is 12.4 Å². The van der Waals surface area contributed by atoms with Gasteiger partial charge in [0.1, 0.15) is 11.4 Å². The summed E-state index contributed by atoms with van der Waals surface area (Å²) < 4.78 is 39.0. The highest BCUT2D eigenvalue weighted by Crippen LogP contribution is 2.45. The van der Waals surface area contributed by atoms with Crippen molar-refractivity contribution in [3.8, 4) is 17.2 Å². The van der Waals surface area contributed by atoms with E-state index in [4.69, 9.17) is 33.2 Å². The van der Waals surface area contributed by atoms with Crippen LogP contribution in [0.4, 0.5) is 0 Å². The number of rotatable bonds is 14. The largest absolute Gasteiger partial charge is 0.493 e. The van der Waals surface area contributed by atoms with E-state index in [1.165, 1.54) is 0 Å². The van der Waals surface area contributed by atoms with E-state index in [2.05, 4.69) is 0 Å². The van der Waals surface area contributed by atoms with Gasteiger partial charge in [0.05, 0.1) is 77.5 Å². The lowest BCUT2D eigenvalue weighted by molar-refractivity contribution is -0.000298. The van der Waals surface area contributed by atoms with Crippen molar-refractivity contribution in [3.05, 3.63) is 17.2 Å². The molecule has 170 valence electrons. The zero-order valence-electron chi connectivity index (χ0n) is 18.7.